The van der Waals surface area contributed by atoms with Gasteiger partial charge in [0, 0.05) is 12.1 Å². The van der Waals surface area contributed by atoms with Crippen molar-refractivity contribution in [2.75, 3.05) is 17.2 Å². The van der Waals surface area contributed by atoms with Crippen LogP contribution >= 0.6 is 0 Å². The Labute approximate surface area is 161 Å². The van der Waals surface area contributed by atoms with Gasteiger partial charge in [-0.2, -0.15) is 0 Å². The number of nitrogens with one attached hydrogen (secondary N) is 2. The number of hydrogen-bond acceptors (Lipinski definition) is 3. The molecule has 0 saturated carbocycles. The maximum atomic E-state index is 12.6. The molecule has 0 bridgehead atoms. The molecule has 0 unspecified atom stereocenters. The molecule has 27 heavy (non-hydrogen) atoms. The minimum Gasteiger partial charge on any atom is -0.494 e. The summed E-state index contributed by atoms with van der Waals surface area (Å²) in [7, 11) is 0. The zero-order chi connectivity index (χ0) is 19.5. The standard InChI is InChI=1S/C22H28N2O3/c1-3-5-6-7-12-21(25)24-20-11-9-8-10-19(20)22(26)23-17-13-15-18(16-14-17)27-4-2/h8-11,13-16H,3-7,12H2,1-2H3,(H,23,26)(H,24,25). The molecule has 2 rings (SSSR count). The van der Waals surface area contributed by atoms with Crippen LogP contribution in [0.5, 0.6) is 5.75 Å². The molecule has 0 fully saturated rings. The first kappa shape index (κ1) is 20.5. The van der Waals surface area contributed by atoms with Crippen molar-refractivity contribution >= 4 is 23.2 Å². The molecule has 0 saturated heterocycles. The van der Waals surface area contributed by atoms with Crippen LogP contribution in [0.1, 0.15) is 56.3 Å². The molecular weight excluding hydrogens is 340 g/mol. The first-order valence-electron chi connectivity index (χ1n) is 9.57. The second kappa shape index (κ2) is 11.0. The molecule has 0 radical (unpaired) electrons. The Kier molecular flexibility index (Phi) is 8.36. The van der Waals surface area contributed by atoms with Crippen molar-refractivity contribution in [2.45, 2.75) is 46.0 Å². The lowest BCUT2D eigenvalue weighted by Crippen LogP contribution is -2.18. The third-order valence-corrected chi connectivity index (χ3v) is 4.13. The summed E-state index contributed by atoms with van der Waals surface area (Å²) in [5.41, 5.74) is 1.64. The van der Waals surface area contributed by atoms with Crippen molar-refractivity contribution in [3.8, 4) is 5.75 Å². The molecular formula is C22H28N2O3. The van der Waals surface area contributed by atoms with Crippen LogP contribution in [0.2, 0.25) is 0 Å². The summed E-state index contributed by atoms with van der Waals surface area (Å²) in [6, 6.07) is 14.2. The summed E-state index contributed by atoms with van der Waals surface area (Å²) >= 11 is 0. The van der Waals surface area contributed by atoms with Gasteiger partial charge in [0.15, 0.2) is 0 Å². The normalized spacial score (nSPS) is 10.3. The Morgan fingerprint density at radius 2 is 1.63 bits per heavy atom. The molecule has 2 aromatic rings. The van der Waals surface area contributed by atoms with Gasteiger partial charge < -0.3 is 15.4 Å². The molecule has 0 aromatic heterocycles. The molecule has 0 aliphatic heterocycles. The summed E-state index contributed by atoms with van der Waals surface area (Å²) in [5, 5.41) is 5.72. The highest BCUT2D eigenvalue weighted by atomic mass is 16.5. The van der Waals surface area contributed by atoms with Crippen LogP contribution in [0.25, 0.3) is 0 Å². The first-order chi connectivity index (χ1) is 13.1. The number of carbonyl (C=O) groups excluding carboxylic acids is 2. The SMILES string of the molecule is CCCCCCC(=O)Nc1ccccc1C(=O)Nc1ccc(OCC)cc1. The lowest BCUT2D eigenvalue weighted by molar-refractivity contribution is -0.116. The number of unbranched alkanes of at least 4 members (excludes halogenated alkanes) is 3. The number of rotatable bonds is 10. The topological polar surface area (TPSA) is 67.4 Å². The van der Waals surface area contributed by atoms with Gasteiger partial charge in [0.1, 0.15) is 5.75 Å². The van der Waals surface area contributed by atoms with E-state index in [4.69, 9.17) is 4.74 Å². The van der Waals surface area contributed by atoms with Gasteiger partial charge in [-0.25, -0.2) is 0 Å². The highest BCUT2D eigenvalue weighted by molar-refractivity contribution is 6.10. The van der Waals surface area contributed by atoms with E-state index < -0.39 is 0 Å². The van der Waals surface area contributed by atoms with Crippen LogP contribution in [0.4, 0.5) is 11.4 Å². The Balaban J connectivity index is 1.99. The summed E-state index contributed by atoms with van der Waals surface area (Å²) in [5.74, 6) is 0.430. The molecule has 5 heteroatoms. The van der Waals surface area contributed by atoms with Crippen molar-refractivity contribution in [1.29, 1.82) is 0 Å². The van der Waals surface area contributed by atoms with E-state index >= 15 is 0 Å². The van der Waals surface area contributed by atoms with Gasteiger partial charge in [0.25, 0.3) is 5.91 Å². The van der Waals surface area contributed by atoms with E-state index in [1.165, 1.54) is 0 Å². The maximum Gasteiger partial charge on any atom is 0.257 e. The number of ether oxygens (including phenoxy) is 1. The first-order valence-corrected chi connectivity index (χ1v) is 9.57. The highest BCUT2D eigenvalue weighted by Gasteiger charge is 2.13. The van der Waals surface area contributed by atoms with Gasteiger partial charge in [-0.15, -0.1) is 0 Å². The van der Waals surface area contributed by atoms with Crippen molar-refractivity contribution in [3.05, 3.63) is 54.1 Å². The van der Waals surface area contributed by atoms with Gasteiger partial charge in [-0.05, 0) is 49.7 Å². The molecule has 2 amide bonds. The van der Waals surface area contributed by atoms with E-state index in [9.17, 15) is 9.59 Å². The quantitative estimate of drug-likeness (QED) is 0.563. The van der Waals surface area contributed by atoms with Crippen molar-refractivity contribution < 1.29 is 14.3 Å². The van der Waals surface area contributed by atoms with Crippen LogP contribution < -0.4 is 15.4 Å². The molecule has 2 aromatic carbocycles. The Hall–Kier alpha value is -2.82. The fourth-order valence-corrected chi connectivity index (χ4v) is 2.71. The molecule has 0 atom stereocenters. The van der Waals surface area contributed by atoms with E-state index in [1.807, 2.05) is 19.1 Å². The highest BCUT2D eigenvalue weighted by Crippen LogP contribution is 2.20. The minimum atomic E-state index is -0.263. The zero-order valence-corrected chi connectivity index (χ0v) is 16.1. The summed E-state index contributed by atoms with van der Waals surface area (Å²) in [6.45, 7) is 4.65. The maximum absolute atomic E-state index is 12.6. The molecule has 5 nitrogen and oxygen atoms in total. The predicted octanol–water partition coefficient (Wildman–Crippen LogP) is 5.25. The fourth-order valence-electron chi connectivity index (χ4n) is 2.71. The molecule has 0 aliphatic rings. The summed E-state index contributed by atoms with van der Waals surface area (Å²) in [4.78, 5) is 24.8. The zero-order valence-electron chi connectivity index (χ0n) is 16.1. The van der Waals surface area contributed by atoms with E-state index in [0.29, 0.717) is 30.0 Å². The number of amides is 2. The average Bonchev–Trinajstić information content (AvgIpc) is 2.67. The van der Waals surface area contributed by atoms with Crippen LogP contribution in [0.3, 0.4) is 0 Å². The second-order valence-electron chi connectivity index (χ2n) is 6.32. The van der Waals surface area contributed by atoms with Gasteiger partial charge in [0.05, 0.1) is 17.9 Å². The Morgan fingerprint density at radius 1 is 0.889 bits per heavy atom. The van der Waals surface area contributed by atoms with E-state index in [-0.39, 0.29) is 11.8 Å². The van der Waals surface area contributed by atoms with Crippen molar-refractivity contribution in [3.63, 3.8) is 0 Å². The van der Waals surface area contributed by atoms with Gasteiger partial charge in [0.2, 0.25) is 5.91 Å². The van der Waals surface area contributed by atoms with Crippen LogP contribution in [0, 0.1) is 0 Å². The molecule has 0 aliphatic carbocycles. The smallest absolute Gasteiger partial charge is 0.257 e. The van der Waals surface area contributed by atoms with Crippen molar-refractivity contribution in [1.82, 2.24) is 0 Å². The summed E-state index contributed by atoms with van der Waals surface area (Å²) < 4.78 is 5.40. The number of carbonyl (C=O) groups is 2. The van der Waals surface area contributed by atoms with Gasteiger partial charge in [-0.3, -0.25) is 9.59 Å². The summed E-state index contributed by atoms with van der Waals surface area (Å²) in [6.07, 6.45) is 4.64. The largest absolute Gasteiger partial charge is 0.494 e. The van der Waals surface area contributed by atoms with Crippen molar-refractivity contribution in [2.24, 2.45) is 0 Å². The predicted molar refractivity (Wildman–Crippen MR) is 109 cm³/mol. The minimum absolute atomic E-state index is 0.0626. The molecule has 144 valence electrons. The molecule has 0 spiro atoms. The van der Waals surface area contributed by atoms with E-state index in [1.54, 1.807) is 36.4 Å². The van der Waals surface area contributed by atoms with Crippen LogP contribution in [0.15, 0.2) is 48.5 Å². The third-order valence-electron chi connectivity index (χ3n) is 4.13. The monoisotopic (exact) mass is 368 g/mol. The number of hydrogen-bond donors (Lipinski definition) is 2. The van der Waals surface area contributed by atoms with Gasteiger partial charge >= 0.3 is 0 Å². The number of para-hydroxylation sites is 1. The van der Waals surface area contributed by atoms with E-state index in [2.05, 4.69) is 17.6 Å². The Morgan fingerprint density at radius 3 is 2.33 bits per heavy atom. The lowest BCUT2D eigenvalue weighted by atomic mass is 10.1. The molecule has 0 heterocycles. The van der Waals surface area contributed by atoms with Crippen LogP contribution in [-0.4, -0.2) is 18.4 Å². The number of anilines is 2. The second-order valence-corrected chi connectivity index (χ2v) is 6.32. The van der Waals surface area contributed by atoms with Crippen LogP contribution in [-0.2, 0) is 4.79 Å². The third kappa shape index (κ3) is 6.77. The average molecular weight is 368 g/mol. The molecule has 2 N–H and O–H groups in total. The van der Waals surface area contributed by atoms with E-state index in [0.717, 1.165) is 31.4 Å². The lowest BCUT2D eigenvalue weighted by Gasteiger charge is -2.12. The number of benzene rings is 2. The fraction of sp³-hybridized carbons (Fsp3) is 0.364. The van der Waals surface area contributed by atoms with Gasteiger partial charge in [-0.1, -0.05) is 38.3 Å². The Bertz CT molecular complexity index is 741.